The smallest absolute Gasteiger partial charge is 0.245 e. The van der Waals surface area contributed by atoms with Crippen LogP contribution in [-0.4, -0.2) is 38.2 Å². The van der Waals surface area contributed by atoms with Crippen molar-refractivity contribution in [2.24, 2.45) is 5.92 Å². The van der Waals surface area contributed by atoms with Gasteiger partial charge in [-0.3, -0.25) is 4.98 Å². The first-order chi connectivity index (χ1) is 14.0. The van der Waals surface area contributed by atoms with E-state index >= 15 is 0 Å². The summed E-state index contributed by atoms with van der Waals surface area (Å²) in [5.41, 5.74) is 0.661. The van der Waals surface area contributed by atoms with E-state index in [2.05, 4.69) is 19.8 Å². The number of hydrogen-bond acceptors (Lipinski definition) is 8. The first kappa shape index (κ1) is 22.3. The number of sulfone groups is 1. The molecule has 160 valence electrons. The molecule has 0 bridgehead atoms. The molecular formula is C18H19ClN4O5S2. The third-order valence-electron chi connectivity index (χ3n) is 4.22. The molecule has 3 rings (SSSR count). The van der Waals surface area contributed by atoms with Gasteiger partial charge in [0.05, 0.1) is 9.92 Å². The molecule has 1 atom stereocenters. The minimum Gasteiger partial charge on any atom is -0.337 e. The fraction of sp³-hybridized carbons (Fsp3) is 0.278. The van der Waals surface area contributed by atoms with E-state index in [0.717, 1.165) is 12.3 Å². The number of hydrogen-bond donors (Lipinski definition) is 1. The largest absolute Gasteiger partial charge is 0.337 e. The van der Waals surface area contributed by atoms with Crippen LogP contribution in [0.3, 0.4) is 0 Å². The highest BCUT2D eigenvalue weighted by atomic mass is 35.5. The van der Waals surface area contributed by atoms with Gasteiger partial charge in [0.25, 0.3) is 0 Å². The van der Waals surface area contributed by atoms with E-state index in [9.17, 15) is 16.8 Å². The first-order valence-electron chi connectivity index (χ1n) is 8.75. The number of sulfonamides is 1. The lowest BCUT2D eigenvalue weighted by Gasteiger charge is -2.19. The zero-order valence-corrected chi connectivity index (χ0v) is 18.7. The second-order valence-electron chi connectivity index (χ2n) is 6.90. The molecule has 0 spiro atoms. The van der Waals surface area contributed by atoms with Crippen molar-refractivity contribution in [1.82, 2.24) is 19.8 Å². The highest BCUT2D eigenvalue weighted by Crippen LogP contribution is 2.29. The number of rotatable bonds is 7. The van der Waals surface area contributed by atoms with Crippen LogP contribution in [0.5, 0.6) is 0 Å². The van der Waals surface area contributed by atoms with Crippen molar-refractivity contribution in [1.29, 1.82) is 0 Å². The highest BCUT2D eigenvalue weighted by molar-refractivity contribution is 7.91. The topological polar surface area (TPSA) is 132 Å². The van der Waals surface area contributed by atoms with Gasteiger partial charge in [-0.2, -0.15) is 9.71 Å². The summed E-state index contributed by atoms with van der Waals surface area (Å²) in [5, 5.41) is 3.79. The molecule has 0 fully saturated rings. The van der Waals surface area contributed by atoms with E-state index in [0.29, 0.717) is 5.56 Å². The molecule has 9 nitrogen and oxygen atoms in total. The van der Waals surface area contributed by atoms with Crippen LogP contribution in [0.15, 0.2) is 57.0 Å². The van der Waals surface area contributed by atoms with Crippen LogP contribution in [0.1, 0.15) is 25.8 Å². The Balaban J connectivity index is 1.97. The molecule has 0 aliphatic heterocycles. The average Bonchev–Trinajstić information content (AvgIpc) is 3.16. The van der Waals surface area contributed by atoms with Crippen LogP contribution in [0.2, 0.25) is 5.02 Å². The molecule has 1 N–H and O–H groups in total. The molecule has 1 unspecified atom stereocenters. The monoisotopic (exact) mass is 470 g/mol. The van der Waals surface area contributed by atoms with Gasteiger partial charge in [0, 0.05) is 24.2 Å². The summed E-state index contributed by atoms with van der Waals surface area (Å²) in [6, 6.07) is 6.02. The molecule has 0 amide bonds. The fourth-order valence-corrected chi connectivity index (χ4v) is 5.19. The standard InChI is InChI=1S/C18H19ClN4O5S2/c1-11(2)16(18-21-17(22-28-18)12-6-8-20-9-7-12)23-30(26,27)15-10-13(29(3,24)25)4-5-14(15)19/h4-11,16,23H,1-3H3. The van der Waals surface area contributed by atoms with Crippen molar-refractivity contribution in [3.8, 4) is 11.4 Å². The van der Waals surface area contributed by atoms with E-state index in [1.54, 1.807) is 38.4 Å². The van der Waals surface area contributed by atoms with Crippen molar-refractivity contribution < 1.29 is 21.4 Å². The van der Waals surface area contributed by atoms with Gasteiger partial charge in [0.15, 0.2) is 9.84 Å². The van der Waals surface area contributed by atoms with Crippen molar-refractivity contribution in [3.63, 3.8) is 0 Å². The normalized spacial score (nSPS) is 13.5. The third kappa shape index (κ3) is 4.86. The van der Waals surface area contributed by atoms with E-state index in [-0.39, 0.29) is 32.4 Å². The molecule has 1 aromatic carbocycles. The quantitative estimate of drug-likeness (QED) is 0.557. The fourth-order valence-electron chi connectivity index (χ4n) is 2.60. The van der Waals surface area contributed by atoms with Crippen LogP contribution in [0, 0.1) is 5.92 Å². The van der Waals surface area contributed by atoms with Gasteiger partial charge in [0.1, 0.15) is 10.9 Å². The molecule has 0 saturated carbocycles. The molecule has 2 heterocycles. The molecule has 2 aromatic heterocycles. The van der Waals surface area contributed by atoms with Crippen LogP contribution in [0.25, 0.3) is 11.4 Å². The summed E-state index contributed by atoms with van der Waals surface area (Å²) in [7, 11) is -7.83. The van der Waals surface area contributed by atoms with Crippen LogP contribution in [0.4, 0.5) is 0 Å². The maximum absolute atomic E-state index is 13.0. The average molecular weight is 471 g/mol. The summed E-state index contributed by atoms with van der Waals surface area (Å²) in [4.78, 5) is 7.70. The van der Waals surface area contributed by atoms with Gasteiger partial charge >= 0.3 is 0 Å². The molecule has 0 radical (unpaired) electrons. The minimum atomic E-state index is -4.21. The lowest BCUT2D eigenvalue weighted by atomic mass is 10.1. The van der Waals surface area contributed by atoms with Gasteiger partial charge in [-0.25, -0.2) is 16.8 Å². The van der Waals surface area contributed by atoms with E-state index < -0.39 is 25.9 Å². The maximum atomic E-state index is 13.0. The molecule has 0 aliphatic carbocycles. The van der Waals surface area contributed by atoms with E-state index in [1.165, 1.54) is 12.1 Å². The number of aromatic nitrogens is 3. The lowest BCUT2D eigenvalue weighted by Crippen LogP contribution is -2.32. The zero-order chi connectivity index (χ0) is 22.1. The molecule has 30 heavy (non-hydrogen) atoms. The zero-order valence-electron chi connectivity index (χ0n) is 16.3. The third-order valence-corrected chi connectivity index (χ3v) is 7.25. The molecule has 0 aliphatic rings. The maximum Gasteiger partial charge on any atom is 0.245 e. The Hall–Kier alpha value is -2.34. The summed E-state index contributed by atoms with van der Waals surface area (Å²) >= 11 is 6.05. The minimum absolute atomic E-state index is 0.0655. The van der Waals surface area contributed by atoms with Crippen molar-refractivity contribution in [2.75, 3.05) is 6.26 Å². The number of nitrogens with zero attached hydrogens (tertiary/aromatic N) is 3. The Morgan fingerprint density at radius 3 is 2.33 bits per heavy atom. The predicted octanol–water partition coefficient (Wildman–Crippen LogP) is 2.86. The second kappa shape index (κ2) is 8.42. The van der Waals surface area contributed by atoms with Gasteiger partial charge in [-0.15, -0.1) is 0 Å². The van der Waals surface area contributed by atoms with Crippen molar-refractivity contribution >= 4 is 31.5 Å². The van der Waals surface area contributed by atoms with Gasteiger partial charge in [-0.05, 0) is 36.2 Å². The summed E-state index contributed by atoms with van der Waals surface area (Å²) in [6.45, 7) is 3.55. The molecule has 0 saturated heterocycles. The van der Waals surface area contributed by atoms with Crippen molar-refractivity contribution in [2.45, 2.75) is 29.7 Å². The van der Waals surface area contributed by atoms with Gasteiger partial charge in [0.2, 0.25) is 21.7 Å². The first-order valence-corrected chi connectivity index (χ1v) is 12.5. The van der Waals surface area contributed by atoms with Crippen LogP contribution in [-0.2, 0) is 19.9 Å². The van der Waals surface area contributed by atoms with Crippen LogP contribution >= 0.6 is 11.6 Å². The van der Waals surface area contributed by atoms with E-state index in [1.807, 2.05) is 0 Å². The predicted molar refractivity (Wildman–Crippen MR) is 110 cm³/mol. The summed E-state index contributed by atoms with van der Waals surface area (Å²) in [6.07, 6.45) is 4.13. The van der Waals surface area contributed by atoms with Crippen molar-refractivity contribution in [3.05, 3.63) is 53.6 Å². The number of halogens is 1. The summed E-state index contributed by atoms with van der Waals surface area (Å²) < 4.78 is 57.4. The van der Waals surface area contributed by atoms with Gasteiger partial charge in [-0.1, -0.05) is 30.6 Å². The Morgan fingerprint density at radius 1 is 1.07 bits per heavy atom. The van der Waals surface area contributed by atoms with Gasteiger partial charge < -0.3 is 4.52 Å². The molecule has 12 heteroatoms. The van der Waals surface area contributed by atoms with E-state index in [4.69, 9.17) is 16.1 Å². The second-order valence-corrected chi connectivity index (χ2v) is 11.0. The lowest BCUT2D eigenvalue weighted by molar-refractivity contribution is 0.311. The molecule has 3 aromatic rings. The summed E-state index contributed by atoms with van der Waals surface area (Å²) in [5.74, 6) is 0.0903. The number of nitrogens with one attached hydrogen (secondary N) is 1. The Kier molecular flexibility index (Phi) is 6.27. The van der Waals surface area contributed by atoms with Crippen LogP contribution < -0.4 is 4.72 Å². The molecular weight excluding hydrogens is 452 g/mol. The Morgan fingerprint density at radius 2 is 1.73 bits per heavy atom. The number of pyridine rings is 1. The Labute approximate surface area is 179 Å². The number of benzene rings is 1. The highest BCUT2D eigenvalue weighted by Gasteiger charge is 2.30. The SMILES string of the molecule is CC(C)C(NS(=O)(=O)c1cc(S(C)(=O)=O)ccc1Cl)c1nc(-c2ccncc2)no1. The Bertz CT molecular complexity index is 1260.